The minimum atomic E-state index is -0.548. The van der Waals surface area contributed by atoms with Gasteiger partial charge in [-0.1, -0.05) is 30.3 Å². The van der Waals surface area contributed by atoms with E-state index in [0.29, 0.717) is 35.3 Å². The van der Waals surface area contributed by atoms with Gasteiger partial charge in [0.15, 0.2) is 0 Å². The average molecular weight is 389 g/mol. The molecule has 3 heterocycles. The molecule has 0 spiro atoms. The van der Waals surface area contributed by atoms with Crippen LogP contribution in [0.2, 0.25) is 0 Å². The van der Waals surface area contributed by atoms with E-state index in [1.807, 2.05) is 12.1 Å². The van der Waals surface area contributed by atoms with Crippen LogP contribution in [0, 0.1) is 0 Å². The summed E-state index contributed by atoms with van der Waals surface area (Å²) in [6.45, 7) is 1.26. The molecule has 1 amide bonds. The molecule has 1 aliphatic heterocycles. The minimum absolute atomic E-state index is 0.0730. The molecule has 0 bridgehead atoms. The molecule has 7 nitrogen and oxygen atoms in total. The maximum absolute atomic E-state index is 13.4. The number of hydrogen-bond acceptors (Lipinski definition) is 4. The zero-order valence-electron chi connectivity index (χ0n) is 15.7. The Balaban J connectivity index is 1.82. The van der Waals surface area contributed by atoms with Crippen molar-refractivity contribution >= 4 is 28.0 Å². The predicted octanol–water partition coefficient (Wildman–Crippen LogP) is 2.52. The zero-order valence-corrected chi connectivity index (χ0v) is 15.7. The number of carbonyl (C=O) groups is 1. The number of carbonyl (C=O) groups excluding carboxylic acids is 1. The van der Waals surface area contributed by atoms with E-state index in [1.54, 1.807) is 47.4 Å². The molecule has 4 aromatic rings. The highest BCUT2D eigenvalue weighted by molar-refractivity contribution is 6.02. The quantitative estimate of drug-likeness (QED) is 0.539. The van der Waals surface area contributed by atoms with E-state index in [2.05, 4.69) is 0 Å². The molecule has 146 valence electrons. The molecular weight excluding hydrogens is 370 g/mol. The standard InChI is InChI=1S/C22H19N3O4/c26-18(23-12-6-7-13-23)14-24-19-16-10-4-5-11-17(16)29-20(19)21(27)25(22(24)28)15-8-2-1-3-9-15/h1-5,8-11H,6-7,12-14H2. The lowest BCUT2D eigenvalue weighted by molar-refractivity contribution is -0.130. The molecule has 1 saturated heterocycles. The number of hydrogen-bond donors (Lipinski definition) is 0. The van der Waals surface area contributed by atoms with Gasteiger partial charge in [-0.15, -0.1) is 0 Å². The normalized spacial score (nSPS) is 14.1. The molecule has 29 heavy (non-hydrogen) atoms. The highest BCUT2D eigenvalue weighted by atomic mass is 16.3. The van der Waals surface area contributed by atoms with Crippen molar-refractivity contribution < 1.29 is 9.21 Å². The van der Waals surface area contributed by atoms with Gasteiger partial charge in [0.1, 0.15) is 17.6 Å². The van der Waals surface area contributed by atoms with Gasteiger partial charge in [0.05, 0.1) is 5.69 Å². The number of aromatic nitrogens is 2. The van der Waals surface area contributed by atoms with Crippen molar-refractivity contribution in [1.82, 2.24) is 14.0 Å². The van der Waals surface area contributed by atoms with Crippen LogP contribution in [0.3, 0.4) is 0 Å². The summed E-state index contributed by atoms with van der Waals surface area (Å²) in [4.78, 5) is 41.2. The van der Waals surface area contributed by atoms with Crippen LogP contribution in [0.4, 0.5) is 0 Å². The van der Waals surface area contributed by atoms with Gasteiger partial charge in [-0.25, -0.2) is 9.36 Å². The lowest BCUT2D eigenvalue weighted by Gasteiger charge is -2.17. The molecule has 2 aromatic carbocycles. The van der Waals surface area contributed by atoms with E-state index in [1.165, 1.54) is 4.57 Å². The van der Waals surface area contributed by atoms with E-state index in [9.17, 15) is 14.4 Å². The highest BCUT2D eigenvalue weighted by Gasteiger charge is 2.24. The second kappa shape index (κ2) is 6.77. The lowest BCUT2D eigenvalue weighted by atomic mass is 10.2. The third kappa shape index (κ3) is 2.77. The third-order valence-corrected chi connectivity index (χ3v) is 5.43. The monoisotopic (exact) mass is 389 g/mol. The van der Waals surface area contributed by atoms with Crippen LogP contribution in [0.15, 0.2) is 68.6 Å². The minimum Gasteiger partial charge on any atom is -0.449 e. The van der Waals surface area contributed by atoms with Crippen molar-refractivity contribution in [1.29, 1.82) is 0 Å². The first-order chi connectivity index (χ1) is 14.1. The molecule has 0 saturated carbocycles. The van der Waals surface area contributed by atoms with Crippen molar-refractivity contribution in [2.24, 2.45) is 0 Å². The second-order valence-corrected chi connectivity index (χ2v) is 7.21. The summed E-state index contributed by atoms with van der Waals surface area (Å²) in [5, 5.41) is 0.645. The molecule has 0 unspecified atom stereocenters. The molecule has 7 heteroatoms. The predicted molar refractivity (Wildman–Crippen MR) is 109 cm³/mol. The van der Waals surface area contributed by atoms with E-state index in [-0.39, 0.29) is 18.0 Å². The van der Waals surface area contributed by atoms with E-state index >= 15 is 0 Å². The van der Waals surface area contributed by atoms with Crippen LogP contribution >= 0.6 is 0 Å². The number of benzene rings is 2. The Labute approximate surface area is 165 Å². The summed E-state index contributed by atoms with van der Waals surface area (Å²) in [5.41, 5.74) is 0.309. The van der Waals surface area contributed by atoms with Gasteiger partial charge in [0, 0.05) is 18.5 Å². The summed E-state index contributed by atoms with van der Waals surface area (Å²) in [6, 6.07) is 15.9. The van der Waals surface area contributed by atoms with Gasteiger partial charge in [-0.05, 0) is 37.1 Å². The first kappa shape index (κ1) is 17.5. The van der Waals surface area contributed by atoms with Gasteiger partial charge in [-0.2, -0.15) is 0 Å². The summed E-state index contributed by atoms with van der Waals surface area (Å²) >= 11 is 0. The molecule has 2 aromatic heterocycles. The van der Waals surface area contributed by atoms with Crippen LogP contribution in [0.1, 0.15) is 12.8 Å². The number of amides is 1. The van der Waals surface area contributed by atoms with Crippen molar-refractivity contribution in [3.8, 4) is 5.69 Å². The zero-order chi connectivity index (χ0) is 20.0. The van der Waals surface area contributed by atoms with Gasteiger partial charge < -0.3 is 9.32 Å². The number of rotatable bonds is 3. The second-order valence-electron chi connectivity index (χ2n) is 7.21. The van der Waals surface area contributed by atoms with E-state index in [0.717, 1.165) is 17.4 Å². The fourth-order valence-electron chi connectivity index (χ4n) is 4.00. The van der Waals surface area contributed by atoms with Crippen molar-refractivity contribution in [3.63, 3.8) is 0 Å². The van der Waals surface area contributed by atoms with Gasteiger partial charge >= 0.3 is 11.2 Å². The van der Waals surface area contributed by atoms with Crippen LogP contribution in [0.25, 0.3) is 27.8 Å². The number of likely N-dealkylation sites (tertiary alicyclic amines) is 1. The number of nitrogens with zero attached hydrogens (tertiary/aromatic N) is 3. The first-order valence-corrected chi connectivity index (χ1v) is 9.65. The molecular formula is C22H19N3O4. The Hall–Kier alpha value is -3.61. The SMILES string of the molecule is O=C(Cn1c(=O)n(-c2ccccc2)c(=O)c2oc3ccccc3c21)N1CCCC1. The van der Waals surface area contributed by atoms with Crippen molar-refractivity contribution in [3.05, 3.63) is 75.4 Å². The number of furan rings is 1. The van der Waals surface area contributed by atoms with Gasteiger partial charge in [0.25, 0.3) is 0 Å². The smallest absolute Gasteiger partial charge is 0.336 e. The summed E-state index contributed by atoms with van der Waals surface area (Å²) in [5.74, 6) is -0.130. The van der Waals surface area contributed by atoms with Crippen molar-refractivity contribution in [2.75, 3.05) is 13.1 Å². The Morgan fingerprint density at radius 2 is 1.62 bits per heavy atom. The molecule has 0 atom stereocenters. The molecule has 0 aliphatic carbocycles. The summed E-state index contributed by atoms with van der Waals surface area (Å²) < 4.78 is 8.27. The fourth-order valence-corrected chi connectivity index (χ4v) is 4.00. The summed E-state index contributed by atoms with van der Waals surface area (Å²) in [6.07, 6.45) is 1.93. The Kier molecular flexibility index (Phi) is 4.08. The Morgan fingerprint density at radius 3 is 2.38 bits per heavy atom. The average Bonchev–Trinajstić information content (AvgIpc) is 3.40. The Morgan fingerprint density at radius 1 is 0.931 bits per heavy atom. The molecule has 1 fully saturated rings. The molecule has 0 N–H and O–H groups in total. The molecule has 1 aliphatic rings. The van der Waals surface area contributed by atoms with Crippen LogP contribution < -0.4 is 11.2 Å². The van der Waals surface area contributed by atoms with Crippen LogP contribution in [-0.2, 0) is 11.3 Å². The maximum Gasteiger partial charge on any atom is 0.336 e. The van der Waals surface area contributed by atoms with Gasteiger partial charge in [0.2, 0.25) is 11.5 Å². The van der Waals surface area contributed by atoms with Crippen LogP contribution in [-0.4, -0.2) is 33.0 Å². The summed E-state index contributed by atoms with van der Waals surface area (Å²) in [7, 11) is 0. The maximum atomic E-state index is 13.4. The van der Waals surface area contributed by atoms with E-state index < -0.39 is 11.2 Å². The van der Waals surface area contributed by atoms with Crippen LogP contribution in [0.5, 0.6) is 0 Å². The van der Waals surface area contributed by atoms with E-state index in [4.69, 9.17) is 4.42 Å². The molecule has 5 rings (SSSR count). The fraction of sp³-hybridized carbons (Fsp3) is 0.227. The number of para-hydroxylation sites is 2. The van der Waals surface area contributed by atoms with Gasteiger partial charge in [-0.3, -0.25) is 14.2 Å². The molecule has 0 radical (unpaired) electrons. The first-order valence-electron chi connectivity index (χ1n) is 9.65. The highest BCUT2D eigenvalue weighted by Crippen LogP contribution is 2.26. The number of fused-ring (bicyclic) bond motifs is 3. The Bertz CT molecular complexity index is 1340. The topological polar surface area (TPSA) is 77.5 Å². The largest absolute Gasteiger partial charge is 0.449 e. The van der Waals surface area contributed by atoms with Crippen molar-refractivity contribution in [2.45, 2.75) is 19.4 Å². The lowest BCUT2D eigenvalue weighted by Crippen LogP contribution is -2.42. The third-order valence-electron chi connectivity index (χ3n) is 5.43.